The second-order valence-electron chi connectivity index (χ2n) is 7.12. The third-order valence-electron chi connectivity index (χ3n) is 3.33. The molecule has 1 aliphatic heterocycles. The number of hydrogen-bond acceptors (Lipinski definition) is 4. The van der Waals surface area contributed by atoms with Crippen molar-refractivity contribution in [3.8, 4) is 0 Å². The van der Waals surface area contributed by atoms with Gasteiger partial charge in [-0.15, -0.1) is 0 Å². The Hall–Kier alpha value is -1.11. The van der Waals surface area contributed by atoms with Gasteiger partial charge in [-0.1, -0.05) is 0 Å². The highest BCUT2D eigenvalue weighted by Crippen LogP contribution is 2.19. The maximum absolute atomic E-state index is 11.9. The van der Waals surface area contributed by atoms with Crippen LogP contribution in [0.1, 0.15) is 34.6 Å². The van der Waals surface area contributed by atoms with Crippen LogP contribution in [-0.4, -0.2) is 66.3 Å². The van der Waals surface area contributed by atoms with E-state index in [4.69, 9.17) is 4.74 Å². The average molecular weight is 330 g/mol. The number of likely N-dealkylation sites (tertiary alicyclic amines) is 1. The van der Waals surface area contributed by atoms with E-state index in [9.17, 15) is 4.79 Å². The van der Waals surface area contributed by atoms with Crippen LogP contribution in [0.15, 0.2) is 4.99 Å². The molecule has 6 nitrogen and oxygen atoms in total. The van der Waals surface area contributed by atoms with E-state index in [1.54, 1.807) is 11.9 Å². The molecule has 128 valence electrons. The van der Waals surface area contributed by atoms with Gasteiger partial charge >= 0.3 is 6.09 Å². The molecule has 2 N–H and O–H groups in total. The van der Waals surface area contributed by atoms with Crippen molar-refractivity contribution < 1.29 is 9.53 Å². The monoisotopic (exact) mass is 330 g/mol. The van der Waals surface area contributed by atoms with E-state index in [2.05, 4.69) is 35.7 Å². The Balaban J connectivity index is 2.33. The minimum atomic E-state index is -0.448. The lowest BCUT2D eigenvalue weighted by molar-refractivity contribution is 0.00701. The maximum Gasteiger partial charge on any atom is 0.410 e. The lowest BCUT2D eigenvalue weighted by Gasteiger charge is -2.40. The summed E-state index contributed by atoms with van der Waals surface area (Å²) in [5.74, 6) is 0.774. The van der Waals surface area contributed by atoms with Crippen molar-refractivity contribution in [1.29, 1.82) is 0 Å². The lowest BCUT2D eigenvalue weighted by Crippen LogP contribution is -2.63. The Bertz CT molecular complexity index is 412. The minimum absolute atomic E-state index is 0.153. The quantitative estimate of drug-likeness (QED) is 0.609. The number of carbonyl (C=O) groups excluding carboxylic acids is 1. The summed E-state index contributed by atoms with van der Waals surface area (Å²) < 4.78 is 5.49. The van der Waals surface area contributed by atoms with E-state index < -0.39 is 5.60 Å². The van der Waals surface area contributed by atoms with E-state index in [0.29, 0.717) is 13.1 Å². The molecule has 0 aromatic rings. The standard InChI is InChI=1S/C15H30N4O2S/c1-14(2,3)21-13(20)19-8-11(9-19)18-12(16-6)17-10-15(4,5)22-7/h11H,8-10H2,1-7H3,(H2,16,17,18). The first-order chi connectivity index (χ1) is 10.1. The molecule has 0 saturated carbocycles. The number of guanidine groups is 1. The van der Waals surface area contributed by atoms with Crippen LogP contribution < -0.4 is 10.6 Å². The van der Waals surface area contributed by atoms with Gasteiger partial charge in [-0.25, -0.2) is 4.79 Å². The SMILES string of the molecule is CN=C(NCC(C)(C)SC)NC1CN(C(=O)OC(C)(C)C)C1. The summed E-state index contributed by atoms with van der Waals surface area (Å²) in [5, 5.41) is 6.65. The first-order valence-corrected chi connectivity index (χ1v) is 8.79. The van der Waals surface area contributed by atoms with Crippen molar-refractivity contribution in [3.05, 3.63) is 0 Å². The Kier molecular flexibility index (Phi) is 6.40. The van der Waals surface area contributed by atoms with E-state index in [1.807, 2.05) is 32.5 Å². The number of carbonyl (C=O) groups is 1. The second-order valence-corrected chi connectivity index (χ2v) is 8.63. The van der Waals surface area contributed by atoms with Crippen LogP contribution in [0.2, 0.25) is 0 Å². The maximum atomic E-state index is 11.9. The third-order valence-corrected chi connectivity index (χ3v) is 4.58. The Morgan fingerprint density at radius 1 is 1.32 bits per heavy atom. The molecule has 0 aromatic heterocycles. The predicted octanol–water partition coefficient (Wildman–Crippen LogP) is 1.91. The van der Waals surface area contributed by atoms with Gasteiger partial charge in [0.05, 0.1) is 6.04 Å². The number of ether oxygens (including phenoxy) is 1. The van der Waals surface area contributed by atoms with Crippen LogP contribution in [0, 0.1) is 0 Å². The first kappa shape index (κ1) is 18.9. The zero-order valence-electron chi connectivity index (χ0n) is 14.8. The number of nitrogens with one attached hydrogen (secondary N) is 2. The highest BCUT2D eigenvalue weighted by molar-refractivity contribution is 7.99. The summed E-state index contributed by atoms with van der Waals surface area (Å²) in [4.78, 5) is 17.8. The predicted molar refractivity (Wildman–Crippen MR) is 93.7 cm³/mol. The molecule has 0 aromatic carbocycles. The molecular formula is C15H30N4O2S. The fourth-order valence-corrected chi connectivity index (χ4v) is 2.02. The molecule has 0 atom stereocenters. The highest BCUT2D eigenvalue weighted by Gasteiger charge is 2.34. The molecule has 0 aliphatic carbocycles. The fourth-order valence-electron chi connectivity index (χ4n) is 1.80. The number of amides is 1. The fraction of sp³-hybridized carbons (Fsp3) is 0.867. The van der Waals surface area contributed by atoms with Crippen LogP contribution in [0.25, 0.3) is 0 Å². The van der Waals surface area contributed by atoms with Gasteiger partial charge in [-0.2, -0.15) is 11.8 Å². The van der Waals surface area contributed by atoms with E-state index in [1.165, 1.54) is 0 Å². The van der Waals surface area contributed by atoms with Gasteiger partial charge < -0.3 is 20.3 Å². The molecule has 1 heterocycles. The third kappa shape index (κ3) is 6.34. The molecule has 1 aliphatic rings. The molecule has 1 fully saturated rings. The topological polar surface area (TPSA) is 66.0 Å². The summed E-state index contributed by atoms with van der Waals surface area (Å²) in [6.45, 7) is 12.1. The normalized spacial score (nSPS) is 17.0. The van der Waals surface area contributed by atoms with Gasteiger partial charge in [0.1, 0.15) is 5.60 Å². The first-order valence-electron chi connectivity index (χ1n) is 7.56. The molecule has 1 rings (SSSR count). The Labute approximate surface area is 138 Å². The van der Waals surface area contributed by atoms with Crippen LogP contribution in [0.3, 0.4) is 0 Å². The molecule has 0 spiro atoms. The molecule has 1 amide bonds. The highest BCUT2D eigenvalue weighted by atomic mass is 32.2. The number of nitrogens with zero attached hydrogens (tertiary/aromatic N) is 2. The zero-order chi connectivity index (χ0) is 17.0. The Morgan fingerprint density at radius 2 is 1.91 bits per heavy atom. The largest absolute Gasteiger partial charge is 0.444 e. The summed E-state index contributed by atoms with van der Waals surface area (Å²) in [6.07, 6.45) is 1.85. The summed E-state index contributed by atoms with van der Waals surface area (Å²) in [6, 6.07) is 0.219. The smallest absolute Gasteiger partial charge is 0.410 e. The Morgan fingerprint density at radius 3 is 2.36 bits per heavy atom. The number of rotatable bonds is 4. The van der Waals surface area contributed by atoms with Gasteiger partial charge in [0, 0.05) is 31.4 Å². The molecular weight excluding hydrogens is 300 g/mol. The van der Waals surface area contributed by atoms with Gasteiger partial charge in [0.25, 0.3) is 0 Å². The summed E-state index contributed by atoms with van der Waals surface area (Å²) in [5.41, 5.74) is -0.448. The van der Waals surface area contributed by atoms with E-state index >= 15 is 0 Å². The number of hydrogen-bond donors (Lipinski definition) is 2. The zero-order valence-corrected chi connectivity index (χ0v) is 15.6. The van der Waals surface area contributed by atoms with Crippen molar-refractivity contribution in [2.45, 2.75) is 51.0 Å². The summed E-state index contributed by atoms with van der Waals surface area (Å²) >= 11 is 1.81. The van der Waals surface area contributed by atoms with E-state index in [0.717, 1.165) is 12.5 Å². The number of thioether (sulfide) groups is 1. The lowest BCUT2D eigenvalue weighted by atomic mass is 10.1. The van der Waals surface area contributed by atoms with Crippen molar-refractivity contribution in [3.63, 3.8) is 0 Å². The van der Waals surface area contributed by atoms with Crippen LogP contribution >= 0.6 is 11.8 Å². The van der Waals surface area contributed by atoms with Crippen molar-refractivity contribution in [2.75, 3.05) is 32.9 Å². The molecule has 22 heavy (non-hydrogen) atoms. The number of aliphatic imine (C=N–C) groups is 1. The molecule has 7 heteroatoms. The van der Waals surface area contributed by atoms with Gasteiger partial charge in [-0.05, 0) is 40.9 Å². The van der Waals surface area contributed by atoms with Crippen LogP contribution in [-0.2, 0) is 4.74 Å². The molecule has 0 unspecified atom stereocenters. The van der Waals surface area contributed by atoms with Crippen molar-refractivity contribution >= 4 is 23.8 Å². The van der Waals surface area contributed by atoms with Gasteiger partial charge in [0.15, 0.2) is 5.96 Å². The van der Waals surface area contributed by atoms with E-state index in [-0.39, 0.29) is 16.9 Å². The molecule has 0 bridgehead atoms. The second kappa shape index (κ2) is 7.44. The van der Waals surface area contributed by atoms with Crippen molar-refractivity contribution in [2.24, 2.45) is 4.99 Å². The van der Waals surface area contributed by atoms with Gasteiger partial charge in [0.2, 0.25) is 0 Å². The van der Waals surface area contributed by atoms with Crippen LogP contribution in [0.4, 0.5) is 4.79 Å². The summed E-state index contributed by atoms with van der Waals surface area (Å²) in [7, 11) is 1.76. The molecule has 0 radical (unpaired) electrons. The van der Waals surface area contributed by atoms with Gasteiger partial charge in [-0.3, -0.25) is 4.99 Å². The van der Waals surface area contributed by atoms with Crippen molar-refractivity contribution in [1.82, 2.24) is 15.5 Å². The minimum Gasteiger partial charge on any atom is -0.444 e. The average Bonchev–Trinajstić information content (AvgIpc) is 2.34. The van der Waals surface area contributed by atoms with Crippen LogP contribution in [0.5, 0.6) is 0 Å². The molecule has 1 saturated heterocycles.